The topological polar surface area (TPSA) is 52.2 Å². The first-order chi connectivity index (χ1) is 10.5. The molecule has 0 saturated carbocycles. The fraction of sp³-hybridized carbons (Fsp3) is 0.500. The molecule has 0 saturated heterocycles. The molecule has 0 radical (unpaired) electrons. The maximum atomic E-state index is 12.8. The lowest BCUT2D eigenvalue weighted by atomic mass is 10.3. The number of aromatic nitrogens is 2. The lowest BCUT2D eigenvalue weighted by Crippen LogP contribution is -2.36. The molecule has 5 nitrogen and oxygen atoms in total. The summed E-state index contributed by atoms with van der Waals surface area (Å²) in [6.45, 7) is 6.16. The third-order valence-electron chi connectivity index (χ3n) is 3.60. The molecule has 0 aliphatic heterocycles. The summed E-state index contributed by atoms with van der Waals surface area (Å²) >= 11 is 1.59. The van der Waals surface area contributed by atoms with Crippen LogP contribution in [0.15, 0.2) is 18.5 Å². The van der Waals surface area contributed by atoms with Gasteiger partial charge in [0.25, 0.3) is 5.91 Å². The average molecular weight is 320 g/mol. The van der Waals surface area contributed by atoms with Crippen LogP contribution in [0.1, 0.15) is 32.9 Å². The number of amides is 1. The number of imidazole rings is 1. The van der Waals surface area contributed by atoms with E-state index >= 15 is 0 Å². The summed E-state index contributed by atoms with van der Waals surface area (Å²) in [7, 11) is 4.03. The first-order valence-corrected chi connectivity index (χ1v) is 8.34. The zero-order chi connectivity index (χ0) is 16.1. The molecule has 0 atom stereocenters. The van der Waals surface area contributed by atoms with Crippen LogP contribution in [0, 0.1) is 6.92 Å². The molecule has 0 aliphatic rings. The van der Waals surface area contributed by atoms with Crippen molar-refractivity contribution in [2.75, 3.05) is 27.2 Å². The van der Waals surface area contributed by atoms with Crippen LogP contribution in [0.2, 0.25) is 0 Å². The molecule has 6 heteroatoms. The summed E-state index contributed by atoms with van der Waals surface area (Å²) in [6.07, 6.45) is 2.65. The van der Waals surface area contributed by atoms with Crippen molar-refractivity contribution in [2.24, 2.45) is 0 Å². The van der Waals surface area contributed by atoms with Gasteiger partial charge in [0.05, 0.1) is 23.4 Å². The number of hydrogen-bond donors (Lipinski definition) is 1. The Labute approximate surface area is 136 Å². The number of nitrogens with zero attached hydrogens (tertiary/aromatic N) is 3. The highest BCUT2D eigenvalue weighted by atomic mass is 32.1. The summed E-state index contributed by atoms with van der Waals surface area (Å²) in [4.78, 5) is 26.2. The second-order valence-corrected chi connectivity index (χ2v) is 6.79. The third kappa shape index (κ3) is 4.18. The molecular formula is C16H24N4OS. The van der Waals surface area contributed by atoms with Gasteiger partial charge in [-0.15, -0.1) is 11.3 Å². The molecular weight excluding hydrogens is 296 g/mol. The van der Waals surface area contributed by atoms with Crippen LogP contribution in [-0.2, 0) is 13.0 Å². The van der Waals surface area contributed by atoms with E-state index in [1.54, 1.807) is 17.7 Å². The van der Waals surface area contributed by atoms with E-state index in [9.17, 15) is 4.79 Å². The highest BCUT2D eigenvalue weighted by Gasteiger charge is 2.19. The molecule has 2 aromatic heterocycles. The van der Waals surface area contributed by atoms with E-state index in [2.05, 4.69) is 21.8 Å². The Hall–Kier alpha value is -1.66. The fourth-order valence-corrected chi connectivity index (χ4v) is 3.05. The van der Waals surface area contributed by atoms with Gasteiger partial charge in [-0.3, -0.25) is 4.79 Å². The summed E-state index contributed by atoms with van der Waals surface area (Å²) in [5, 5.41) is 0. The van der Waals surface area contributed by atoms with Crippen molar-refractivity contribution >= 4 is 17.2 Å². The second kappa shape index (κ2) is 7.56. The lowest BCUT2D eigenvalue weighted by Gasteiger charge is -2.23. The van der Waals surface area contributed by atoms with E-state index < -0.39 is 0 Å². The molecule has 2 heterocycles. The number of nitrogens with one attached hydrogen (secondary N) is 1. The number of carbonyl (C=O) groups is 1. The van der Waals surface area contributed by atoms with Gasteiger partial charge in [-0.2, -0.15) is 0 Å². The summed E-state index contributed by atoms with van der Waals surface area (Å²) < 4.78 is 0. The minimum Gasteiger partial charge on any atom is -0.348 e. The zero-order valence-corrected chi connectivity index (χ0v) is 14.5. The average Bonchev–Trinajstić information content (AvgIpc) is 3.11. The number of carbonyl (C=O) groups excluding carboxylic acids is 1. The van der Waals surface area contributed by atoms with Crippen molar-refractivity contribution in [3.8, 4) is 0 Å². The number of aryl methyl sites for hydroxylation is 2. The van der Waals surface area contributed by atoms with Gasteiger partial charge < -0.3 is 14.8 Å². The van der Waals surface area contributed by atoms with E-state index in [0.29, 0.717) is 13.1 Å². The van der Waals surface area contributed by atoms with Gasteiger partial charge in [0.15, 0.2) is 0 Å². The Morgan fingerprint density at radius 3 is 2.64 bits per heavy atom. The second-order valence-electron chi connectivity index (χ2n) is 5.62. The van der Waals surface area contributed by atoms with Crippen LogP contribution in [0.5, 0.6) is 0 Å². The van der Waals surface area contributed by atoms with Crippen molar-refractivity contribution in [1.82, 2.24) is 19.8 Å². The van der Waals surface area contributed by atoms with Gasteiger partial charge in [0.2, 0.25) is 0 Å². The van der Waals surface area contributed by atoms with Crippen LogP contribution in [-0.4, -0.2) is 52.9 Å². The molecule has 2 rings (SSSR count). The maximum Gasteiger partial charge on any atom is 0.264 e. The number of likely N-dealkylation sites (N-methyl/N-ethyl adjacent to an activating group) is 1. The van der Waals surface area contributed by atoms with E-state index in [1.807, 2.05) is 38.1 Å². The standard InChI is InChI=1S/C16H24N4OS/c1-5-13-6-7-15(22-13)16(21)20(9-8-19(3)4)10-14-12(2)17-11-18-14/h6-7,11H,5,8-10H2,1-4H3,(H,17,18). The number of aromatic amines is 1. The Balaban J connectivity index is 2.15. The molecule has 0 aromatic carbocycles. The predicted octanol–water partition coefficient (Wildman–Crippen LogP) is 2.55. The quantitative estimate of drug-likeness (QED) is 0.853. The SMILES string of the molecule is CCc1ccc(C(=O)N(CCN(C)C)Cc2nc[nH]c2C)s1. The maximum absolute atomic E-state index is 12.8. The van der Waals surface area contributed by atoms with Gasteiger partial charge in [-0.25, -0.2) is 4.98 Å². The molecule has 1 amide bonds. The van der Waals surface area contributed by atoms with Crippen molar-refractivity contribution in [3.63, 3.8) is 0 Å². The fourth-order valence-electron chi connectivity index (χ4n) is 2.14. The van der Waals surface area contributed by atoms with Gasteiger partial charge in [-0.05, 0) is 39.6 Å². The Morgan fingerprint density at radius 2 is 2.09 bits per heavy atom. The molecule has 2 aromatic rings. The first-order valence-electron chi connectivity index (χ1n) is 7.52. The Morgan fingerprint density at radius 1 is 1.32 bits per heavy atom. The third-order valence-corrected chi connectivity index (χ3v) is 4.82. The van der Waals surface area contributed by atoms with Crippen LogP contribution < -0.4 is 0 Å². The van der Waals surface area contributed by atoms with Gasteiger partial charge in [0.1, 0.15) is 0 Å². The molecule has 0 bridgehead atoms. The predicted molar refractivity (Wildman–Crippen MR) is 90.3 cm³/mol. The largest absolute Gasteiger partial charge is 0.348 e. The minimum atomic E-state index is 0.0916. The van der Waals surface area contributed by atoms with Crippen LogP contribution in [0.3, 0.4) is 0 Å². The first kappa shape index (κ1) is 16.7. The van der Waals surface area contributed by atoms with Crippen molar-refractivity contribution in [3.05, 3.63) is 39.6 Å². The van der Waals surface area contributed by atoms with E-state index in [-0.39, 0.29) is 5.91 Å². The number of rotatable bonds is 7. The Kier molecular flexibility index (Phi) is 5.74. The molecule has 0 aliphatic carbocycles. The number of H-pyrrole nitrogens is 1. The number of hydrogen-bond acceptors (Lipinski definition) is 4. The molecule has 0 unspecified atom stereocenters. The molecule has 0 fully saturated rings. The van der Waals surface area contributed by atoms with Crippen molar-refractivity contribution in [1.29, 1.82) is 0 Å². The van der Waals surface area contributed by atoms with E-state index in [1.165, 1.54) is 4.88 Å². The van der Waals surface area contributed by atoms with Gasteiger partial charge in [-0.1, -0.05) is 6.92 Å². The smallest absolute Gasteiger partial charge is 0.264 e. The lowest BCUT2D eigenvalue weighted by molar-refractivity contribution is 0.0734. The zero-order valence-electron chi connectivity index (χ0n) is 13.7. The number of thiophene rings is 1. The van der Waals surface area contributed by atoms with E-state index in [0.717, 1.165) is 29.2 Å². The molecule has 0 spiro atoms. The van der Waals surface area contributed by atoms with Crippen LogP contribution >= 0.6 is 11.3 Å². The van der Waals surface area contributed by atoms with E-state index in [4.69, 9.17) is 0 Å². The highest BCUT2D eigenvalue weighted by molar-refractivity contribution is 7.14. The monoisotopic (exact) mass is 320 g/mol. The molecule has 1 N–H and O–H groups in total. The van der Waals surface area contributed by atoms with Crippen LogP contribution in [0.4, 0.5) is 0 Å². The minimum absolute atomic E-state index is 0.0916. The van der Waals surface area contributed by atoms with Crippen LogP contribution in [0.25, 0.3) is 0 Å². The normalized spacial score (nSPS) is 11.1. The molecule has 120 valence electrons. The highest BCUT2D eigenvalue weighted by Crippen LogP contribution is 2.20. The summed E-state index contributed by atoms with van der Waals surface area (Å²) in [5.74, 6) is 0.0916. The molecule has 22 heavy (non-hydrogen) atoms. The van der Waals surface area contributed by atoms with Gasteiger partial charge >= 0.3 is 0 Å². The van der Waals surface area contributed by atoms with Crippen molar-refractivity contribution in [2.45, 2.75) is 26.8 Å². The summed E-state index contributed by atoms with van der Waals surface area (Å²) in [6, 6.07) is 3.98. The Bertz CT molecular complexity index is 617. The van der Waals surface area contributed by atoms with Crippen molar-refractivity contribution < 1.29 is 4.79 Å². The summed E-state index contributed by atoms with van der Waals surface area (Å²) in [5.41, 5.74) is 1.95. The van der Waals surface area contributed by atoms with Gasteiger partial charge in [0, 0.05) is 23.7 Å².